The zero-order valence-electron chi connectivity index (χ0n) is 28.0. The van der Waals surface area contributed by atoms with Crippen LogP contribution in [0.1, 0.15) is 78.2 Å². The number of carbonyl (C=O) groups is 6. The topological polar surface area (TPSA) is 158 Å². The van der Waals surface area contributed by atoms with Crippen LogP contribution in [0.3, 0.4) is 0 Å². The van der Waals surface area contributed by atoms with Crippen LogP contribution in [0, 0.1) is 5.92 Å². The first-order chi connectivity index (χ1) is 21.9. The number of unbranched alkanes of at least 4 members (excludes halogenated alkanes) is 2. The summed E-state index contributed by atoms with van der Waals surface area (Å²) < 4.78 is 1.58. The first-order valence-electron chi connectivity index (χ1n) is 16.2. The van der Waals surface area contributed by atoms with Crippen molar-refractivity contribution in [3.8, 4) is 0 Å². The van der Waals surface area contributed by atoms with Crippen molar-refractivity contribution in [2.75, 3.05) is 14.1 Å². The summed E-state index contributed by atoms with van der Waals surface area (Å²) in [5.41, 5.74) is 1.36. The van der Waals surface area contributed by atoms with Crippen LogP contribution < -0.4 is 10.6 Å². The van der Waals surface area contributed by atoms with E-state index in [2.05, 4.69) is 10.6 Å². The van der Waals surface area contributed by atoms with Crippen LogP contribution in [0.25, 0.3) is 10.9 Å². The van der Waals surface area contributed by atoms with Crippen LogP contribution in [-0.4, -0.2) is 94.1 Å². The fourth-order valence-corrected chi connectivity index (χ4v) is 5.78. The predicted octanol–water partition coefficient (Wildman–Crippen LogP) is 3.15. The molecule has 1 heterocycles. The summed E-state index contributed by atoms with van der Waals surface area (Å²) in [4.78, 5) is 79.0. The van der Waals surface area contributed by atoms with Gasteiger partial charge in [-0.25, -0.2) is 0 Å². The summed E-state index contributed by atoms with van der Waals surface area (Å²) in [6.45, 7) is 7.61. The molecule has 0 aliphatic heterocycles. The molecule has 0 radical (unpaired) electrons. The van der Waals surface area contributed by atoms with E-state index < -0.39 is 47.9 Å². The number of carboxylic acids is 1. The number of para-hydroxylation sites is 1. The van der Waals surface area contributed by atoms with Gasteiger partial charge in [-0.05, 0) is 36.8 Å². The highest BCUT2D eigenvalue weighted by Gasteiger charge is 2.37. The van der Waals surface area contributed by atoms with E-state index in [4.69, 9.17) is 0 Å². The second-order valence-corrected chi connectivity index (χ2v) is 12.3. The molecule has 1 aromatic heterocycles. The second kappa shape index (κ2) is 18.7. The minimum absolute atomic E-state index is 0.0735. The van der Waals surface area contributed by atoms with Crippen LogP contribution in [0.5, 0.6) is 0 Å². The van der Waals surface area contributed by atoms with Gasteiger partial charge in [-0.3, -0.25) is 24.0 Å². The Bertz CT molecular complexity index is 1340. The SMILES string of the molecule is CCCCC(C(=O)N(C)C(CCCC)C(=O)NC(C=O)CC(C)C)N(C)C(=O)C(Cc1cn(CC(=O)O)c2ccccc12)NC=O. The van der Waals surface area contributed by atoms with Crippen LogP contribution in [-0.2, 0) is 41.7 Å². The summed E-state index contributed by atoms with van der Waals surface area (Å²) in [7, 11) is 3.07. The monoisotopic (exact) mass is 641 g/mol. The fraction of sp³-hybridized carbons (Fsp3) is 0.588. The van der Waals surface area contributed by atoms with Gasteiger partial charge in [0.1, 0.15) is 31.0 Å². The Kier molecular flexibility index (Phi) is 15.4. The van der Waals surface area contributed by atoms with Crippen LogP contribution in [0.15, 0.2) is 30.5 Å². The van der Waals surface area contributed by atoms with Gasteiger partial charge in [-0.1, -0.05) is 71.6 Å². The molecule has 0 aliphatic rings. The molecule has 1 aromatic carbocycles. The first kappa shape index (κ1) is 38.0. The molecule has 0 aliphatic carbocycles. The summed E-state index contributed by atoms with van der Waals surface area (Å²) >= 11 is 0. The number of carbonyl (C=O) groups excluding carboxylic acids is 5. The predicted molar refractivity (Wildman–Crippen MR) is 176 cm³/mol. The number of rotatable bonds is 21. The summed E-state index contributed by atoms with van der Waals surface area (Å²) in [5, 5.41) is 15.5. The van der Waals surface area contributed by atoms with Gasteiger partial charge in [-0.2, -0.15) is 0 Å². The van der Waals surface area contributed by atoms with Crippen molar-refractivity contribution in [2.45, 2.75) is 110 Å². The quantitative estimate of drug-likeness (QED) is 0.177. The van der Waals surface area contributed by atoms with Gasteiger partial charge in [0.25, 0.3) is 0 Å². The van der Waals surface area contributed by atoms with Gasteiger partial charge in [0, 0.05) is 37.6 Å². The van der Waals surface area contributed by atoms with E-state index in [1.54, 1.807) is 29.9 Å². The second-order valence-electron chi connectivity index (χ2n) is 12.3. The number of hydrogen-bond donors (Lipinski definition) is 3. The Labute approximate surface area is 271 Å². The van der Waals surface area contributed by atoms with Crippen molar-refractivity contribution in [1.29, 1.82) is 0 Å². The third-order valence-electron chi connectivity index (χ3n) is 8.27. The number of likely N-dealkylation sites (N-methyl/N-ethyl adjacent to an activating group) is 2. The van der Waals surface area contributed by atoms with E-state index in [1.807, 2.05) is 39.8 Å². The van der Waals surface area contributed by atoms with E-state index in [9.17, 15) is 33.9 Å². The van der Waals surface area contributed by atoms with E-state index in [1.165, 1.54) is 16.8 Å². The standard InChI is InChI=1S/C34H51N5O7/c1-7-9-14-29(32(44)36-25(21-40)17-23(3)4)37(5)34(46)30(15-10-8-2)38(6)33(45)27(35-22-41)18-24-19-39(20-31(42)43)28-16-12-11-13-26(24)28/h11-13,16,19,21-23,25,27,29-30H,7-10,14-15,17-18,20H2,1-6H3,(H,35,41)(H,36,44)(H,42,43). The minimum Gasteiger partial charge on any atom is -0.480 e. The zero-order valence-corrected chi connectivity index (χ0v) is 28.0. The highest BCUT2D eigenvalue weighted by molar-refractivity contribution is 5.94. The molecule has 254 valence electrons. The average molecular weight is 642 g/mol. The van der Waals surface area contributed by atoms with Crippen molar-refractivity contribution < 1.29 is 33.9 Å². The molecule has 0 saturated heterocycles. The molecule has 4 unspecified atom stereocenters. The Morgan fingerprint density at radius 2 is 1.54 bits per heavy atom. The maximum absolute atomic E-state index is 14.1. The van der Waals surface area contributed by atoms with Crippen molar-refractivity contribution in [3.63, 3.8) is 0 Å². The Morgan fingerprint density at radius 3 is 2.11 bits per heavy atom. The van der Waals surface area contributed by atoms with Gasteiger partial charge in [-0.15, -0.1) is 0 Å². The van der Waals surface area contributed by atoms with Crippen molar-refractivity contribution >= 4 is 47.3 Å². The number of benzene rings is 1. The molecule has 0 saturated carbocycles. The molecule has 0 bridgehead atoms. The molecular formula is C34H51N5O7. The van der Waals surface area contributed by atoms with Gasteiger partial charge < -0.3 is 34.9 Å². The van der Waals surface area contributed by atoms with Crippen LogP contribution in [0.2, 0.25) is 0 Å². The van der Waals surface area contributed by atoms with Gasteiger partial charge in [0.15, 0.2) is 0 Å². The molecule has 3 N–H and O–H groups in total. The van der Waals surface area contributed by atoms with Crippen molar-refractivity contribution in [2.24, 2.45) is 5.92 Å². The molecule has 4 atom stereocenters. The molecule has 0 fully saturated rings. The van der Waals surface area contributed by atoms with Crippen LogP contribution >= 0.6 is 0 Å². The summed E-state index contributed by atoms with van der Waals surface area (Å²) in [6.07, 6.45) is 7.01. The normalized spacial score (nSPS) is 13.8. The lowest BCUT2D eigenvalue weighted by Gasteiger charge is -2.36. The average Bonchev–Trinajstić information content (AvgIpc) is 3.35. The highest BCUT2D eigenvalue weighted by Crippen LogP contribution is 2.24. The van der Waals surface area contributed by atoms with E-state index in [0.717, 1.165) is 18.2 Å². The number of aliphatic carboxylic acids is 1. The number of carboxylic acid groups (broad SMARTS) is 1. The summed E-state index contributed by atoms with van der Waals surface area (Å²) in [5.74, 6) is -2.14. The number of fused-ring (bicyclic) bond motifs is 1. The molecular weight excluding hydrogens is 590 g/mol. The molecule has 12 heteroatoms. The lowest BCUT2D eigenvalue weighted by atomic mass is 10.00. The first-order valence-corrected chi connectivity index (χ1v) is 16.2. The third-order valence-corrected chi connectivity index (χ3v) is 8.27. The largest absolute Gasteiger partial charge is 0.480 e. The number of amides is 4. The van der Waals surface area contributed by atoms with Gasteiger partial charge in [0.2, 0.25) is 24.1 Å². The minimum atomic E-state index is -1.03. The number of aromatic nitrogens is 1. The number of nitrogens with one attached hydrogen (secondary N) is 2. The van der Waals surface area contributed by atoms with Gasteiger partial charge in [0.05, 0.1) is 6.04 Å². The fourth-order valence-electron chi connectivity index (χ4n) is 5.78. The van der Waals surface area contributed by atoms with E-state index in [0.29, 0.717) is 55.9 Å². The van der Waals surface area contributed by atoms with Crippen LogP contribution in [0.4, 0.5) is 0 Å². The van der Waals surface area contributed by atoms with E-state index >= 15 is 0 Å². The zero-order chi connectivity index (χ0) is 34.4. The lowest BCUT2D eigenvalue weighted by Crippen LogP contribution is -2.58. The molecule has 4 amide bonds. The molecule has 0 spiro atoms. The Hall–Kier alpha value is -4.22. The smallest absolute Gasteiger partial charge is 0.323 e. The number of nitrogens with zero attached hydrogens (tertiary/aromatic N) is 3. The number of aldehydes is 1. The molecule has 2 rings (SSSR count). The highest BCUT2D eigenvalue weighted by atomic mass is 16.4. The van der Waals surface area contributed by atoms with Gasteiger partial charge >= 0.3 is 5.97 Å². The molecule has 46 heavy (non-hydrogen) atoms. The molecule has 12 nitrogen and oxygen atoms in total. The lowest BCUT2D eigenvalue weighted by molar-refractivity contribution is -0.149. The maximum Gasteiger partial charge on any atom is 0.323 e. The van der Waals surface area contributed by atoms with Crippen molar-refractivity contribution in [3.05, 3.63) is 36.0 Å². The Morgan fingerprint density at radius 1 is 0.935 bits per heavy atom. The number of hydrogen-bond acceptors (Lipinski definition) is 6. The molecule has 2 aromatic rings. The summed E-state index contributed by atoms with van der Waals surface area (Å²) in [6, 6.07) is 3.79. The maximum atomic E-state index is 14.1. The van der Waals surface area contributed by atoms with Crippen molar-refractivity contribution in [1.82, 2.24) is 25.0 Å². The third kappa shape index (κ3) is 10.4. The Balaban J connectivity index is 2.38. The van der Waals surface area contributed by atoms with E-state index in [-0.39, 0.29) is 18.9 Å².